The minimum absolute atomic E-state index is 0.0103. The molecule has 1 aliphatic heterocycles. The van der Waals surface area contributed by atoms with Crippen LogP contribution in [0.5, 0.6) is 0 Å². The first kappa shape index (κ1) is 21.4. The molecule has 0 atom stereocenters. The fraction of sp³-hybridized carbons (Fsp3) is 0.619. The summed E-state index contributed by atoms with van der Waals surface area (Å²) < 4.78 is 0. The van der Waals surface area contributed by atoms with Gasteiger partial charge in [-0.05, 0) is 50.0 Å². The summed E-state index contributed by atoms with van der Waals surface area (Å²) in [4.78, 5) is 29.1. The van der Waals surface area contributed by atoms with Gasteiger partial charge in [0.05, 0.1) is 0 Å². The van der Waals surface area contributed by atoms with E-state index in [4.69, 9.17) is 5.73 Å². The van der Waals surface area contributed by atoms with Crippen LogP contribution >= 0.6 is 0 Å². The molecular formula is C21H34N4O2. The maximum Gasteiger partial charge on any atom is 0.253 e. The summed E-state index contributed by atoms with van der Waals surface area (Å²) in [6, 6.07) is 7.44. The lowest BCUT2D eigenvalue weighted by Gasteiger charge is -2.33. The molecule has 27 heavy (non-hydrogen) atoms. The van der Waals surface area contributed by atoms with Crippen LogP contribution in [0.25, 0.3) is 0 Å². The predicted molar refractivity (Wildman–Crippen MR) is 108 cm³/mol. The molecule has 0 bridgehead atoms. The van der Waals surface area contributed by atoms with Gasteiger partial charge in [-0.1, -0.05) is 26.0 Å². The molecule has 2 amide bonds. The zero-order valence-electron chi connectivity index (χ0n) is 17.1. The van der Waals surface area contributed by atoms with Crippen LogP contribution in [0.4, 0.5) is 0 Å². The average molecular weight is 375 g/mol. The molecule has 0 saturated carbocycles. The SMILES string of the molecule is CN(C)CC(C)(C)CNC(=O)C1CCN(C(=O)c2ccc(CN)cc2)CC1. The lowest BCUT2D eigenvalue weighted by molar-refractivity contribution is -0.126. The second-order valence-corrected chi connectivity index (χ2v) is 8.59. The fourth-order valence-electron chi connectivity index (χ4n) is 3.69. The molecule has 1 fully saturated rings. The zero-order chi connectivity index (χ0) is 20.0. The molecule has 0 radical (unpaired) electrons. The van der Waals surface area contributed by atoms with Gasteiger partial charge in [-0.2, -0.15) is 0 Å². The molecule has 0 aromatic heterocycles. The van der Waals surface area contributed by atoms with Gasteiger partial charge in [-0.15, -0.1) is 0 Å². The van der Waals surface area contributed by atoms with Crippen LogP contribution in [0.15, 0.2) is 24.3 Å². The topological polar surface area (TPSA) is 78.7 Å². The van der Waals surface area contributed by atoms with Gasteiger partial charge in [-0.25, -0.2) is 0 Å². The van der Waals surface area contributed by atoms with Crippen molar-refractivity contribution >= 4 is 11.8 Å². The molecule has 0 unspecified atom stereocenters. The number of nitrogens with zero attached hydrogens (tertiary/aromatic N) is 2. The van der Waals surface area contributed by atoms with Gasteiger partial charge in [-0.3, -0.25) is 9.59 Å². The molecule has 0 spiro atoms. The van der Waals surface area contributed by atoms with E-state index in [1.807, 2.05) is 43.3 Å². The highest BCUT2D eigenvalue weighted by Crippen LogP contribution is 2.21. The van der Waals surface area contributed by atoms with E-state index < -0.39 is 0 Å². The first-order valence-corrected chi connectivity index (χ1v) is 9.72. The molecule has 0 aliphatic carbocycles. The summed E-state index contributed by atoms with van der Waals surface area (Å²) in [5.74, 6) is 0.134. The van der Waals surface area contributed by atoms with Crippen molar-refractivity contribution in [1.82, 2.24) is 15.1 Å². The number of likely N-dealkylation sites (tertiary alicyclic amines) is 1. The number of carbonyl (C=O) groups excluding carboxylic acids is 2. The van der Waals surface area contributed by atoms with Crippen molar-refractivity contribution in [2.24, 2.45) is 17.1 Å². The van der Waals surface area contributed by atoms with Crippen LogP contribution in [0.3, 0.4) is 0 Å². The third-order valence-electron chi connectivity index (χ3n) is 5.07. The smallest absolute Gasteiger partial charge is 0.253 e. The van der Waals surface area contributed by atoms with Gasteiger partial charge < -0.3 is 20.9 Å². The van der Waals surface area contributed by atoms with Crippen molar-refractivity contribution in [3.8, 4) is 0 Å². The minimum Gasteiger partial charge on any atom is -0.355 e. The monoisotopic (exact) mass is 374 g/mol. The molecule has 1 aromatic carbocycles. The molecule has 150 valence electrons. The summed E-state index contributed by atoms with van der Waals surface area (Å²) in [5, 5.41) is 3.11. The maximum absolute atomic E-state index is 12.6. The standard InChI is InChI=1S/C21H34N4O2/c1-21(2,15-24(3)4)14-23-19(26)17-9-11-25(12-10-17)20(27)18-7-5-16(13-22)6-8-18/h5-8,17H,9-15,22H2,1-4H3,(H,23,26). The first-order chi connectivity index (χ1) is 12.7. The summed E-state index contributed by atoms with van der Waals surface area (Å²) in [7, 11) is 4.08. The molecule has 2 rings (SSSR count). The van der Waals surface area contributed by atoms with Crippen LogP contribution in [0.2, 0.25) is 0 Å². The number of piperidine rings is 1. The summed E-state index contributed by atoms with van der Waals surface area (Å²) in [6.07, 6.45) is 1.43. The fourth-order valence-corrected chi connectivity index (χ4v) is 3.69. The molecule has 1 aliphatic rings. The Morgan fingerprint density at radius 3 is 2.30 bits per heavy atom. The highest BCUT2D eigenvalue weighted by atomic mass is 16.2. The molecule has 6 nitrogen and oxygen atoms in total. The Morgan fingerprint density at radius 1 is 1.19 bits per heavy atom. The number of nitrogens with two attached hydrogens (primary N) is 1. The van der Waals surface area contributed by atoms with Gasteiger partial charge in [0.15, 0.2) is 0 Å². The molecule has 1 aromatic rings. The summed E-state index contributed by atoms with van der Waals surface area (Å²) in [6.45, 7) is 7.61. The number of nitrogens with one attached hydrogen (secondary N) is 1. The van der Waals surface area contributed by atoms with Gasteiger partial charge >= 0.3 is 0 Å². The van der Waals surface area contributed by atoms with E-state index in [1.54, 1.807) is 0 Å². The number of hydrogen-bond donors (Lipinski definition) is 2. The van der Waals surface area contributed by atoms with Crippen molar-refractivity contribution in [2.75, 3.05) is 40.3 Å². The summed E-state index contributed by atoms with van der Waals surface area (Å²) in [5.41, 5.74) is 7.33. The number of amides is 2. The van der Waals surface area contributed by atoms with Gasteiger partial charge in [0.1, 0.15) is 0 Å². The highest BCUT2D eigenvalue weighted by molar-refractivity contribution is 5.94. The Kier molecular flexibility index (Phi) is 7.39. The largest absolute Gasteiger partial charge is 0.355 e. The van der Waals surface area contributed by atoms with Gasteiger partial charge in [0, 0.05) is 44.2 Å². The van der Waals surface area contributed by atoms with Crippen LogP contribution in [0.1, 0.15) is 42.6 Å². The van der Waals surface area contributed by atoms with Crippen molar-refractivity contribution in [1.29, 1.82) is 0 Å². The van der Waals surface area contributed by atoms with Crippen molar-refractivity contribution < 1.29 is 9.59 Å². The number of hydrogen-bond acceptors (Lipinski definition) is 4. The van der Waals surface area contributed by atoms with Crippen LogP contribution < -0.4 is 11.1 Å². The Bertz CT molecular complexity index is 632. The Morgan fingerprint density at radius 2 is 1.78 bits per heavy atom. The van der Waals surface area contributed by atoms with E-state index in [9.17, 15) is 9.59 Å². The minimum atomic E-state index is -0.0103. The molecule has 1 heterocycles. The van der Waals surface area contributed by atoms with Gasteiger partial charge in [0.25, 0.3) is 5.91 Å². The lowest BCUT2D eigenvalue weighted by Crippen LogP contribution is -2.46. The Balaban J connectivity index is 1.81. The van der Waals surface area contributed by atoms with E-state index >= 15 is 0 Å². The number of carbonyl (C=O) groups is 2. The van der Waals surface area contributed by atoms with E-state index in [0.29, 0.717) is 44.6 Å². The van der Waals surface area contributed by atoms with Crippen LogP contribution in [-0.2, 0) is 11.3 Å². The zero-order valence-corrected chi connectivity index (χ0v) is 17.1. The second kappa shape index (κ2) is 9.33. The van der Waals surface area contributed by atoms with E-state index in [1.165, 1.54) is 0 Å². The van der Waals surface area contributed by atoms with Crippen molar-refractivity contribution in [3.05, 3.63) is 35.4 Å². The van der Waals surface area contributed by atoms with Crippen LogP contribution in [-0.4, -0.2) is 61.9 Å². The predicted octanol–water partition coefficient (Wildman–Crippen LogP) is 1.70. The van der Waals surface area contributed by atoms with E-state index in [0.717, 1.165) is 12.1 Å². The number of benzene rings is 1. The molecular weight excluding hydrogens is 340 g/mol. The number of rotatable bonds is 7. The maximum atomic E-state index is 12.6. The highest BCUT2D eigenvalue weighted by Gasteiger charge is 2.29. The molecule has 6 heteroatoms. The Labute approximate surface area is 163 Å². The molecule has 1 saturated heterocycles. The van der Waals surface area contributed by atoms with Crippen molar-refractivity contribution in [3.63, 3.8) is 0 Å². The second-order valence-electron chi connectivity index (χ2n) is 8.59. The average Bonchev–Trinajstić information content (AvgIpc) is 2.65. The quantitative estimate of drug-likeness (QED) is 0.761. The van der Waals surface area contributed by atoms with E-state index in [-0.39, 0.29) is 23.1 Å². The third kappa shape index (κ3) is 6.33. The first-order valence-electron chi connectivity index (χ1n) is 9.72. The lowest BCUT2D eigenvalue weighted by atomic mass is 9.91. The normalized spacial score (nSPS) is 15.9. The summed E-state index contributed by atoms with van der Waals surface area (Å²) >= 11 is 0. The van der Waals surface area contributed by atoms with Crippen LogP contribution in [0, 0.1) is 11.3 Å². The Hall–Kier alpha value is -1.92. The van der Waals surface area contributed by atoms with Crippen molar-refractivity contribution in [2.45, 2.75) is 33.2 Å². The third-order valence-corrected chi connectivity index (χ3v) is 5.07. The van der Waals surface area contributed by atoms with Gasteiger partial charge in [0.2, 0.25) is 5.91 Å². The van der Waals surface area contributed by atoms with E-state index in [2.05, 4.69) is 24.1 Å². The molecule has 3 N–H and O–H groups in total.